The molecule has 0 atom stereocenters. The average Bonchev–Trinajstić information content (AvgIpc) is 4.20. The highest BCUT2D eigenvalue weighted by atomic mass is 32.2. The first kappa shape index (κ1) is 58.4. The molecule has 0 saturated heterocycles. The summed E-state index contributed by atoms with van der Waals surface area (Å²) in [7, 11) is -9.52. The smallest absolute Gasteiger partial charge is 0.335 e. The van der Waals surface area contributed by atoms with Gasteiger partial charge in [0.25, 0.3) is 20.2 Å². The lowest BCUT2D eigenvalue weighted by atomic mass is 9.90. The van der Waals surface area contributed by atoms with E-state index < -0.39 is 37.6 Å². The van der Waals surface area contributed by atoms with Gasteiger partial charge in [0.2, 0.25) is 5.13 Å². The molecule has 9 rings (SSSR count). The third kappa shape index (κ3) is 11.6. The monoisotopic (exact) mass is 1200 g/mol. The van der Waals surface area contributed by atoms with Gasteiger partial charge in [-0.05, 0) is 142 Å². The van der Waals surface area contributed by atoms with Crippen molar-refractivity contribution in [3.05, 3.63) is 140 Å². The summed E-state index contributed by atoms with van der Waals surface area (Å²) in [5.41, 5.74) is 5.97. The van der Waals surface area contributed by atoms with Gasteiger partial charge in [0, 0.05) is 16.0 Å². The number of carbonyl (C=O) groups is 2. The lowest BCUT2D eigenvalue weighted by molar-refractivity contribution is -0.161. The Morgan fingerprint density at radius 3 is 2.00 bits per heavy atom. The van der Waals surface area contributed by atoms with Crippen LogP contribution in [0.15, 0.2) is 104 Å². The van der Waals surface area contributed by atoms with E-state index >= 15 is 0 Å². The van der Waals surface area contributed by atoms with E-state index in [1.165, 1.54) is 46.4 Å². The molecule has 422 valence electrons. The van der Waals surface area contributed by atoms with Gasteiger partial charge >= 0.3 is 11.9 Å². The molecule has 5 aromatic carbocycles. The van der Waals surface area contributed by atoms with Crippen LogP contribution in [0.1, 0.15) is 91.7 Å². The van der Waals surface area contributed by atoms with Gasteiger partial charge in [-0.1, -0.05) is 67.7 Å². The van der Waals surface area contributed by atoms with Crippen molar-refractivity contribution in [2.45, 2.75) is 89.3 Å². The second-order valence-electron chi connectivity index (χ2n) is 19.9. The zero-order valence-corrected chi connectivity index (χ0v) is 49.2. The van der Waals surface area contributed by atoms with Crippen LogP contribution in [0.2, 0.25) is 0 Å². The highest BCUT2D eigenvalue weighted by Gasteiger charge is 2.32. The number of hydrogen-bond donors (Lipinski definition) is 6. The van der Waals surface area contributed by atoms with Crippen molar-refractivity contribution in [3.8, 4) is 11.2 Å². The van der Waals surface area contributed by atoms with Gasteiger partial charge in [0.05, 0.1) is 60.7 Å². The summed E-state index contributed by atoms with van der Waals surface area (Å²) in [6.07, 6.45) is 0. The number of pyridine rings is 1. The van der Waals surface area contributed by atoms with Crippen LogP contribution >= 0.6 is 34.7 Å². The molecule has 4 aromatic heterocycles. The summed E-state index contributed by atoms with van der Waals surface area (Å²) >= 11 is 3.28. The Hall–Kier alpha value is -8.24. The Morgan fingerprint density at radius 1 is 0.744 bits per heavy atom. The minimum Gasteiger partial charge on any atom is -0.478 e. The van der Waals surface area contributed by atoms with Crippen molar-refractivity contribution >= 4 is 133 Å². The van der Waals surface area contributed by atoms with Gasteiger partial charge in [-0.3, -0.25) is 14.0 Å². The van der Waals surface area contributed by atoms with E-state index in [1.54, 1.807) is 82.8 Å². The van der Waals surface area contributed by atoms with E-state index in [4.69, 9.17) is 39.6 Å². The number of fused-ring (bicyclic) bond motifs is 2. The number of carboxylic acid groups (broad SMARTS) is 2. The normalized spacial score (nSPS) is 12.1. The molecule has 0 aliphatic rings. The van der Waals surface area contributed by atoms with Crippen molar-refractivity contribution < 1.29 is 55.1 Å². The number of carboxylic acids is 2. The van der Waals surface area contributed by atoms with Crippen molar-refractivity contribution in [1.82, 2.24) is 24.7 Å². The number of hydrogen-bond acceptors (Lipinski definition) is 21. The molecule has 0 aliphatic carbocycles. The summed E-state index contributed by atoms with van der Waals surface area (Å²) in [6.45, 7) is 17.1. The zero-order valence-electron chi connectivity index (χ0n) is 45.1. The van der Waals surface area contributed by atoms with Crippen molar-refractivity contribution in [2.24, 2.45) is 10.2 Å². The largest absolute Gasteiger partial charge is 0.478 e. The van der Waals surface area contributed by atoms with Gasteiger partial charge in [-0.15, -0.1) is 19.6 Å². The maximum Gasteiger partial charge on any atom is 0.335 e. The SMILES string of the molecule is Cc1cc(N(c2nc3ccccc3s2)c2c(C)cc(C)c(S(=O)(=O)O)c2C)nc(Nc2c(C)cc(C)c(S(=O)(=O)O)c2C)c1N=Nc1c(C#N)c(C(C)(C)C)nn1-c1nc2ccc(SOONc3cc(C(=O)O)cc(C(=O)O)c3)cc2s1. The number of nitrogens with one attached hydrogen (secondary N) is 2. The lowest BCUT2D eigenvalue weighted by Gasteiger charge is -2.28. The fourth-order valence-electron chi connectivity index (χ4n) is 9.46. The van der Waals surface area contributed by atoms with Gasteiger partial charge < -0.3 is 15.5 Å². The Bertz CT molecular complexity index is 4380. The molecule has 0 radical (unpaired) electrons. The first-order chi connectivity index (χ1) is 38.5. The molecule has 0 amide bonds. The minimum absolute atomic E-state index is 0.00412. The fraction of sp³-hybridized carbons (Fsp3) is 0.204. The fourth-order valence-corrected chi connectivity index (χ4v) is 13.8. The summed E-state index contributed by atoms with van der Waals surface area (Å²) in [4.78, 5) is 44.8. The highest BCUT2D eigenvalue weighted by molar-refractivity contribution is 7.94. The molecule has 23 nitrogen and oxygen atoms in total. The Morgan fingerprint density at radius 2 is 1.38 bits per heavy atom. The Balaban J connectivity index is 1.18. The van der Waals surface area contributed by atoms with E-state index in [-0.39, 0.29) is 82.8 Å². The Labute approximate surface area is 481 Å². The number of rotatable bonds is 17. The van der Waals surface area contributed by atoms with Gasteiger partial charge in [-0.25, -0.2) is 30.0 Å². The molecule has 0 fully saturated rings. The third-order valence-corrected chi connectivity index (χ3v) is 17.7. The summed E-state index contributed by atoms with van der Waals surface area (Å²) < 4.78 is 81.1. The number of benzene rings is 5. The topological polar surface area (TPSA) is 334 Å². The number of aromatic nitrogens is 5. The van der Waals surface area contributed by atoms with Gasteiger partial charge in [0.15, 0.2) is 16.8 Å². The second-order valence-corrected chi connectivity index (χ2v) is 25.4. The molecular formula is C54H49N11O12S5. The summed E-state index contributed by atoms with van der Waals surface area (Å²) in [5, 5.41) is 48.1. The number of nitriles is 1. The number of aromatic carboxylic acids is 2. The predicted molar refractivity (Wildman–Crippen MR) is 311 cm³/mol. The number of azo groups is 1. The van der Waals surface area contributed by atoms with Crippen LogP contribution in [-0.2, 0) is 35.0 Å². The average molecular weight is 1200 g/mol. The van der Waals surface area contributed by atoms with Crippen LogP contribution in [0.5, 0.6) is 0 Å². The van der Waals surface area contributed by atoms with Crippen molar-refractivity contribution in [1.29, 1.82) is 5.26 Å². The van der Waals surface area contributed by atoms with Gasteiger partial charge in [0.1, 0.15) is 32.9 Å². The van der Waals surface area contributed by atoms with Crippen LogP contribution in [-0.4, -0.2) is 72.8 Å². The maximum atomic E-state index is 13.1. The summed E-state index contributed by atoms with van der Waals surface area (Å²) in [5.74, 6) is -2.50. The zero-order chi connectivity index (χ0) is 59.5. The molecule has 9 aromatic rings. The first-order valence-electron chi connectivity index (χ1n) is 24.4. The molecule has 0 aliphatic heterocycles. The lowest BCUT2D eigenvalue weighted by Crippen LogP contribution is -2.17. The standard InChI is InChI=1S/C54H49N11O12S5/c1-25-17-28(4)45(81(70,71)72)30(6)42(25)59-48-43(26(2)19-41(58-48)64(52-56-37-13-11-12-14-39(37)78-52)44-27(3)18-29(5)46(31(44)7)82(73,74)75)60-61-49-36(24-55)47(54(8,9)10)62-65(49)53-57-38-16-15-35(23-40(38)79-53)80-77-76-63-34-21-32(50(66)67)20-33(22-34)51(68)69/h11-23,63H,1-10H3,(H,58,59)(H,66,67)(H,68,69)(H,70,71,72)(H,73,74,75). The number of anilines is 6. The van der Waals surface area contributed by atoms with E-state index in [0.717, 1.165) is 22.8 Å². The van der Waals surface area contributed by atoms with Crippen molar-refractivity contribution in [2.75, 3.05) is 15.7 Å². The van der Waals surface area contributed by atoms with E-state index in [2.05, 4.69) is 16.9 Å². The maximum absolute atomic E-state index is 13.1. The van der Waals surface area contributed by atoms with Crippen LogP contribution < -0.4 is 15.7 Å². The molecule has 0 bridgehead atoms. The molecule has 6 N–H and O–H groups in total. The quantitative estimate of drug-likeness (QED) is 0.0123. The molecule has 0 saturated carbocycles. The number of thiazole rings is 2. The molecule has 0 spiro atoms. The number of aryl methyl sites for hydroxylation is 5. The molecule has 0 unspecified atom stereocenters. The minimum atomic E-state index is -4.76. The van der Waals surface area contributed by atoms with Crippen LogP contribution in [0.4, 0.5) is 45.3 Å². The van der Waals surface area contributed by atoms with E-state index in [9.17, 15) is 51.0 Å². The number of nitrogens with zero attached hydrogens (tertiary/aromatic N) is 9. The summed E-state index contributed by atoms with van der Waals surface area (Å²) in [6, 6.07) is 23.1. The molecular weight excluding hydrogens is 1150 g/mol. The van der Waals surface area contributed by atoms with Crippen LogP contribution in [0.3, 0.4) is 0 Å². The highest BCUT2D eigenvalue weighted by Crippen LogP contribution is 2.47. The van der Waals surface area contributed by atoms with Crippen molar-refractivity contribution in [3.63, 3.8) is 0 Å². The van der Waals surface area contributed by atoms with Crippen LogP contribution in [0, 0.1) is 59.8 Å². The molecule has 28 heteroatoms. The molecule has 4 heterocycles. The second kappa shape index (κ2) is 22.3. The first-order valence-corrected chi connectivity index (χ1v) is 29.6. The van der Waals surface area contributed by atoms with E-state index in [1.807, 2.05) is 45.0 Å². The third-order valence-electron chi connectivity index (χ3n) is 12.8. The predicted octanol–water partition coefficient (Wildman–Crippen LogP) is 13.3. The molecule has 82 heavy (non-hydrogen) atoms. The van der Waals surface area contributed by atoms with Crippen LogP contribution in [0.25, 0.3) is 25.6 Å². The number of para-hydroxylation sites is 1. The Kier molecular flexibility index (Phi) is 15.9. The van der Waals surface area contributed by atoms with E-state index in [0.29, 0.717) is 59.4 Å². The van der Waals surface area contributed by atoms with Gasteiger partial charge in [-0.2, -0.15) is 31.9 Å².